The van der Waals surface area contributed by atoms with E-state index < -0.39 is 58.0 Å². The van der Waals surface area contributed by atoms with E-state index in [0.717, 1.165) is 0 Å². The first-order valence-corrected chi connectivity index (χ1v) is 10.4. The first kappa shape index (κ1) is 23.0. The van der Waals surface area contributed by atoms with Gasteiger partial charge in [0.2, 0.25) is 5.78 Å². The fraction of sp³-hybridized carbons (Fsp3) is 0.435. The molecule has 33 heavy (non-hydrogen) atoms. The summed E-state index contributed by atoms with van der Waals surface area (Å²) in [5, 5.41) is 43.8. The largest absolute Gasteiger partial charge is 0.508 e. The molecular formula is C23H26N2O8. The van der Waals surface area contributed by atoms with Crippen LogP contribution in [0.25, 0.3) is 5.76 Å². The number of aliphatic hydroxyl groups excluding tert-OH is 2. The number of aromatic hydroxyl groups is 1. The van der Waals surface area contributed by atoms with Crippen LogP contribution >= 0.6 is 0 Å². The Morgan fingerprint density at radius 3 is 2.48 bits per heavy atom. The molecule has 3 aliphatic rings. The third-order valence-electron chi connectivity index (χ3n) is 7.00. The minimum absolute atomic E-state index is 0.0494. The maximum atomic E-state index is 13.7. The number of rotatable bonds is 4. The molecule has 0 aliphatic heterocycles. The SMILES string of the molecule is COCc1ccc(O)c2c1C[C@H]1C[C@@H]3[C@@H](N(C)C)C(=O)C(C(N)=O)=C(O)[C@@]3(O)C(=O)C1=C2O. The molecule has 0 radical (unpaired) electrons. The highest BCUT2D eigenvalue weighted by Crippen LogP contribution is 2.52. The summed E-state index contributed by atoms with van der Waals surface area (Å²) in [5.74, 6) is -6.64. The normalized spacial score (nSPS) is 29.2. The van der Waals surface area contributed by atoms with Crippen LogP contribution in [0.2, 0.25) is 0 Å². The van der Waals surface area contributed by atoms with Crippen molar-refractivity contribution in [2.24, 2.45) is 17.6 Å². The molecule has 0 spiro atoms. The Morgan fingerprint density at radius 2 is 1.91 bits per heavy atom. The molecule has 1 amide bonds. The number of Topliss-reactive ketones (excluding diaryl/α,β-unsaturated/α-hetero) is 2. The van der Waals surface area contributed by atoms with Gasteiger partial charge in [0.1, 0.15) is 22.8 Å². The second kappa shape index (κ2) is 7.68. The molecule has 1 aromatic rings. The first-order valence-electron chi connectivity index (χ1n) is 10.4. The minimum Gasteiger partial charge on any atom is -0.508 e. The zero-order valence-electron chi connectivity index (χ0n) is 18.5. The molecule has 10 nitrogen and oxygen atoms in total. The Balaban J connectivity index is 1.97. The summed E-state index contributed by atoms with van der Waals surface area (Å²) in [5.41, 5.74) is 3.03. The number of methoxy groups -OCH3 is 1. The summed E-state index contributed by atoms with van der Waals surface area (Å²) in [6.45, 7) is 0.212. The van der Waals surface area contributed by atoms with E-state index >= 15 is 0 Å². The molecule has 0 bridgehead atoms. The summed E-state index contributed by atoms with van der Waals surface area (Å²) in [7, 11) is 4.62. The van der Waals surface area contributed by atoms with Gasteiger partial charge in [-0.1, -0.05) is 6.07 Å². The van der Waals surface area contributed by atoms with Gasteiger partial charge in [0.15, 0.2) is 11.4 Å². The second-order valence-electron chi connectivity index (χ2n) is 8.99. The van der Waals surface area contributed by atoms with E-state index in [0.29, 0.717) is 11.1 Å². The van der Waals surface area contributed by atoms with Gasteiger partial charge in [-0.3, -0.25) is 19.3 Å². The summed E-state index contributed by atoms with van der Waals surface area (Å²) in [4.78, 5) is 40.1. The van der Waals surface area contributed by atoms with Gasteiger partial charge in [0.25, 0.3) is 5.91 Å². The highest BCUT2D eigenvalue weighted by Gasteiger charge is 2.64. The Kier molecular flexibility index (Phi) is 5.35. The van der Waals surface area contributed by atoms with Gasteiger partial charge < -0.3 is 30.9 Å². The third kappa shape index (κ3) is 3.01. The smallest absolute Gasteiger partial charge is 0.255 e. The average molecular weight is 458 g/mol. The van der Waals surface area contributed by atoms with Crippen molar-refractivity contribution in [1.82, 2.24) is 4.90 Å². The standard InChI is InChI=1S/C23H26N2O8/c1-25(2)17-12-7-10-6-11-9(8-33-3)4-5-13(26)15(11)18(27)14(10)20(29)23(12,32)21(30)16(19(17)28)22(24)31/h4-5,10,12,17,26-27,30,32H,6-8H2,1-3H3,(H2,24,31)/t10-,12+,17+,23-/m0/s1. The number of hydrogen-bond donors (Lipinski definition) is 5. The van der Waals surface area contributed by atoms with E-state index in [1.54, 1.807) is 20.2 Å². The maximum Gasteiger partial charge on any atom is 0.255 e. The zero-order valence-corrected chi connectivity index (χ0v) is 18.5. The van der Waals surface area contributed by atoms with Gasteiger partial charge in [-0.15, -0.1) is 0 Å². The number of carbonyl (C=O) groups is 3. The van der Waals surface area contributed by atoms with Crippen molar-refractivity contribution >= 4 is 23.2 Å². The lowest BCUT2D eigenvalue weighted by molar-refractivity contribution is -0.153. The molecule has 1 aromatic carbocycles. The van der Waals surface area contributed by atoms with Crippen LogP contribution in [-0.4, -0.2) is 75.6 Å². The topological polar surface area (TPSA) is 171 Å². The van der Waals surface area contributed by atoms with Gasteiger partial charge in [0.05, 0.1) is 18.2 Å². The van der Waals surface area contributed by atoms with Gasteiger partial charge in [0, 0.05) is 18.6 Å². The van der Waals surface area contributed by atoms with Crippen molar-refractivity contribution < 1.29 is 39.5 Å². The quantitative estimate of drug-likeness (QED) is 0.393. The van der Waals surface area contributed by atoms with Crippen molar-refractivity contribution in [3.05, 3.63) is 45.7 Å². The highest BCUT2D eigenvalue weighted by atomic mass is 16.5. The Bertz CT molecular complexity index is 1150. The fourth-order valence-corrected chi connectivity index (χ4v) is 5.60. The van der Waals surface area contributed by atoms with Crippen LogP contribution in [0.5, 0.6) is 5.75 Å². The zero-order chi connectivity index (χ0) is 24.4. The van der Waals surface area contributed by atoms with E-state index in [1.807, 2.05) is 0 Å². The summed E-state index contributed by atoms with van der Waals surface area (Å²) >= 11 is 0. The molecule has 0 heterocycles. The number of benzene rings is 1. The molecule has 1 fully saturated rings. The maximum absolute atomic E-state index is 13.7. The van der Waals surface area contributed by atoms with Crippen molar-refractivity contribution in [2.75, 3.05) is 21.2 Å². The Morgan fingerprint density at radius 1 is 1.24 bits per heavy atom. The summed E-state index contributed by atoms with van der Waals surface area (Å²) in [6, 6.07) is 1.93. The fourth-order valence-electron chi connectivity index (χ4n) is 5.60. The number of ketones is 2. The number of carbonyl (C=O) groups excluding carboxylic acids is 3. The second-order valence-corrected chi connectivity index (χ2v) is 8.99. The number of amides is 1. The molecule has 6 N–H and O–H groups in total. The Hall–Kier alpha value is -3.21. The molecule has 0 unspecified atom stereocenters. The molecule has 4 atom stereocenters. The number of nitrogens with two attached hydrogens (primary N) is 1. The van der Waals surface area contributed by atoms with E-state index in [-0.39, 0.29) is 36.3 Å². The number of hydrogen-bond acceptors (Lipinski definition) is 9. The van der Waals surface area contributed by atoms with Crippen LogP contribution in [0.1, 0.15) is 23.1 Å². The van der Waals surface area contributed by atoms with Gasteiger partial charge in [-0.05, 0) is 50.0 Å². The van der Waals surface area contributed by atoms with Crippen LogP contribution in [0.4, 0.5) is 0 Å². The number of ether oxygens (including phenoxy) is 1. The monoisotopic (exact) mass is 458 g/mol. The van der Waals surface area contributed by atoms with Crippen molar-refractivity contribution in [1.29, 1.82) is 0 Å². The number of primary amides is 1. The van der Waals surface area contributed by atoms with Gasteiger partial charge in [-0.2, -0.15) is 0 Å². The predicted molar refractivity (Wildman–Crippen MR) is 115 cm³/mol. The van der Waals surface area contributed by atoms with Crippen LogP contribution in [0.3, 0.4) is 0 Å². The van der Waals surface area contributed by atoms with E-state index in [9.17, 15) is 34.8 Å². The number of aliphatic hydroxyl groups is 3. The summed E-state index contributed by atoms with van der Waals surface area (Å²) < 4.78 is 5.22. The highest BCUT2D eigenvalue weighted by molar-refractivity contribution is 6.24. The number of fused-ring (bicyclic) bond motifs is 3. The molecule has 4 rings (SSSR count). The molecule has 0 aromatic heterocycles. The number of phenols is 1. The molecule has 176 valence electrons. The van der Waals surface area contributed by atoms with E-state index in [1.165, 1.54) is 18.1 Å². The van der Waals surface area contributed by atoms with Crippen molar-refractivity contribution in [3.8, 4) is 5.75 Å². The lowest BCUT2D eigenvalue weighted by atomic mass is 9.57. The van der Waals surface area contributed by atoms with E-state index in [2.05, 4.69) is 0 Å². The van der Waals surface area contributed by atoms with Crippen LogP contribution < -0.4 is 5.73 Å². The Labute approximate surface area is 189 Å². The van der Waals surface area contributed by atoms with Crippen molar-refractivity contribution in [2.45, 2.75) is 31.1 Å². The number of likely N-dealkylation sites (N-methyl/N-ethyl adjacent to an activating group) is 1. The summed E-state index contributed by atoms with van der Waals surface area (Å²) in [6.07, 6.45) is 0.287. The van der Waals surface area contributed by atoms with Gasteiger partial charge in [-0.25, -0.2) is 0 Å². The molecule has 1 saturated carbocycles. The molecule has 10 heteroatoms. The van der Waals surface area contributed by atoms with Crippen LogP contribution in [0.15, 0.2) is 29.0 Å². The van der Waals surface area contributed by atoms with E-state index in [4.69, 9.17) is 10.5 Å². The first-order chi connectivity index (χ1) is 15.5. The average Bonchev–Trinajstić information content (AvgIpc) is 2.72. The van der Waals surface area contributed by atoms with Crippen LogP contribution in [0, 0.1) is 11.8 Å². The minimum atomic E-state index is -2.63. The number of phenolic OH excluding ortho intramolecular Hbond substituents is 1. The number of nitrogens with zero attached hydrogens (tertiary/aromatic N) is 1. The predicted octanol–water partition coefficient (Wildman–Crippen LogP) is 0.110. The lowest BCUT2D eigenvalue weighted by Gasteiger charge is -2.50. The van der Waals surface area contributed by atoms with Crippen LogP contribution in [-0.2, 0) is 32.1 Å². The molecular weight excluding hydrogens is 432 g/mol. The third-order valence-corrected chi connectivity index (χ3v) is 7.00. The lowest BCUT2D eigenvalue weighted by Crippen LogP contribution is -2.65. The van der Waals surface area contributed by atoms with Gasteiger partial charge >= 0.3 is 0 Å². The molecule has 0 saturated heterocycles. The van der Waals surface area contributed by atoms with Crippen molar-refractivity contribution in [3.63, 3.8) is 0 Å². The molecule has 3 aliphatic carbocycles.